The van der Waals surface area contributed by atoms with Gasteiger partial charge in [0, 0.05) is 5.70 Å². The summed E-state index contributed by atoms with van der Waals surface area (Å²) < 4.78 is 0. The molecule has 52 valence electrons. The van der Waals surface area contributed by atoms with E-state index in [0.29, 0.717) is 5.92 Å². The van der Waals surface area contributed by atoms with Gasteiger partial charge in [0.2, 0.25) is 0 Å². The summed E-state index contributed by atoms with van der Waals surface area (Å²) in [7, 11) is 0. The van der Waals surface area contributed by atoms with Crippen LogP contribution in [0.15, 0.2) is 23.9 Å². The van der Waals surface area contributed by atoms with Crippen LogP contribution < -0.4 is 5.73 Å². The van der Waals surface area contributed by atoms with Crippen molar-refractivity contribution in [1.29, 1.82) is 0 Å². The Bertz CT molecular complexity index is 121. The van der Waals surface area contributed by atoms with Gasteiger partial charge in [0.25, 0.3) is 0 Å². The van der Waals surface area contributed by atoms with Gasteiger partial charge < -0.3 is 5.73 Å². The monoisotopic (exact) mass is 125 g/mol. The van der Waals surface area contributed by atoms with Gasteiger partial charge in [-0.05, 0) is 18.9 Å². The highest BCUT2D eigenvalue weighted by molar-refractivity contribution is 5.10. The third kappa shape index (κ3) is 3.83. The van der Waals surface area contributed by atoms with Crippen molar-refractivity contribution in [2.24, 2.45) is 11.7 Å². The molecule has 0 saturated carbocycles. The molecule has 0 saturated heterocycles. The number of allylic oxidation sites excluding steroid dienone is 4. The van der Waals surface area contributed by atoms with Crippen molar-refractivity contribution in [1.82, 2.24) is 0 Å². The molecule has 0 aliphatic heterocycles. The molecule has 0 unspecified atom stereocenters. The molecule has 0 aromatic carbocycles. The van der Waals surface area contributed by atoms with Crippen LogP contribution in [0.25, 0.3) is 0 Å². The van der Waals surface area contributed by atoms with Crippen molar-refractivity contribution in [2.75, 3.05) is 0 Å². The Labute approximate surface area is 57.3 Å². The molecule has 1 nitrogen and oxygen atoms in total. The molecule has 0 radical (unpaired) electrons. The van der Waals surface area contributed by atoms with E-state index in [1.807, 2.05) is 25.2 Å². The van der Waals surface area contributed by atoms with Crippen molar-refractivity contribution < 1.29 is 0 Å². The Morgan fingerprint density at radius 2 is 2.00 bits per heavy atom. The van der Waals surface area contributed by atoms with E-state index in [0.717, 1.165) is 5.70 Å². The molecule has 0 heterocycles. The zero-order valence-electron chi connectivity index (χ0n) is 6.39. The minimum atomic E-state index is 0.459. The fourth-order valence-corrected chi connectivity index (χ4v) is 0.400. The summed E-state index contributed by atoms with van der Waals surface area (Å²) in [5.74, 6) is 0.459. The number of hydrogen-bond acceptors (Lipinski definition) is 1. The molecule has 2 N–H and O–H groups in total. The van der Waals surface area contributed by atoms with Gasteiger partial charge in [-0.2, -0.15) is 0 Å². The van der Waals surface area contributed by atoms with Crippen LogP contribution in [0.2, 0.25) is 0 Å². The van der Waals surface area contributed by atoms with Crippen LogP contribution in [0.5, 0.6) is 0 Å². The predicted octanol–water partition coefficient (Wildman–Crippen LogP) is 2.06. The summed E-state index contributed by atoms with van der Waals surface area (Å²) >= 11 is 0. The third-order valence-corrected chi connectivity index (χ3v) is 1.15. The molecule has 0 bridgehead atoms. The van der Waals surface area contributed by atoms with E-state index in [4.69, 9.17) is 5.73 Å². The van der Waals surface area contributed by atoms with Crippen molar-refractivity contribution >= 4 is 0 Å². The van der Waals surface area contributed by atoms with Crippen molar-refractivity contribution in [3.05, 3.63) is 23.9 Å². The Hall–Kier alpha value is -0.720. The molecule has 0 aliphatic rings. The molecule has 0 aromatic rings. The normalized spacial score (nSPS) is 13.6. The van der Waals surface area contributed by atoms with Gasteiger partial charge in [-0.1, -0.05) is 26.0 Å². The van der Waals surface area contributed by atoms with Gasteiger partial charge in [-0.15, -0.1) is 0 Å². The molecule has 0 aliphatic carbocycles. The summed E-state index contributed by atoms with van der Waals surface area (Å²) in [6, 6.07) is 0. The van der Waals surface area contributed by atoms with Crippen LogP contribution in [0.4, 0.5) is 0 Å². The molecule has 1 heteroatoms. The van der Waals surface area contributed by atoms with Crippen molar-refractivity contribution in [3.8, 4) is 0 Å². The maximum absolute atomic E-state index is 5.61. The lowest BCUT2D eigenvalue weighted by Gasteiger charge is -2.01. The predicted molar refractivity (Wildman–Crippen MR) is 41.9 cm³/mol. The van der Waals surface area contributed by atoms with Crippen molar-refractivity contribution in [2.45, 2.75) is 20.8 Å². The molecule has 0 rings (SSSR count). The first-order valence-electron chi connectivity index (χ1n) is 3.26. The van der Waals surface area contributed by atoms with E-state index >= 15 is 0 Å². The highest BCUT2D eigenvalue weighted by Crippen LogP contribution is 2.00. The molecule has 0 spiro atoms. The van der Waals surface area contributed by atoms with E-state index in [2.05, 4.69) is 13.8 Å². The Morgan fingerprint density at radius 1 is 1.44 bits per heavy atom. The minimum Gasteiger partial charge on any atom is -0.402 e. The number of hydrogen-bond donors (Lipinski definition) is 1. The van der Waals surface area contributed by atoms with Gasteiger partial charge in [0.1, 0.15) is 0 Å². The molecular weight excluding hydrogens is 110 g/mol. The van der Waals surface area contributed by atoms with Gasteiger partial charge in [-0.3, -0.25) is 0 Å². The van der Waals surface area contributed by atoms with E-state index in [-0.39, 0.29) is 0 Å². The summed E-state index contributed by atoms with van der Waals surface area (Å²) in [5, 5.41) is 0. The minimum absolute atomic E-state index is 0.459. The molecule has 0 aromatic heterocycles. The average molecular weight is 125 g/mol. The fraction of sp³-hybridized carbons (Fsp3) is 0.500. The highest BCUT2D eigenvalue weighted by Gasteiger charge is 1.92. The van der Waals surface area contributed by atoms with Crippen LogP contribution in [-0.4, -0.2) is 0 Å². The zero-order chi connectivity index (χ0) is 7.28. The van der Waals surface area contributed by atoms with Gasteiger partial charge in [-0.25, -0.2) is 0 Å². The fourth-order valence-electron chi connectivity index (χ4n) is 0.400. The average Bonchev–Trinajstić information content (AvgIpc) is 1.82. The summed E-state index contributed by atoms with van der Waals surface area (Å²) in [5.41, 5.74) is 6.55. The second-order valence-electron chi connectivity index (χ2n) is 2.35. The van der Waals surface area contributed by atoms with E-state index < -0.39 is 0 Å². The highest BCUT2D eigenvalue weighted by atomic mass is 14.6. The van der Waals surface area contributed by atoms with Crippen LogP contribution in [-0.2, 0) is 0 Å². The Kier molecular flexibility index (Phi) is 3.85. The van der Waals surface area contributed by atoms with Crippen LogP contribution >= 0.6 is 0 Å². The van der Waals surface area contributed by atoms with Gasteiger partial charge in [0.05, 0.1) is 0 Å². The second-order valence-corrected chi connectivity index (χ2v) is 2.35. The lowest BCUT2D eigenvalue weighted by atomic mass is 10.1. The number of nitrogens with two attached hydrogens (primary N) is 1. The third-order valence-electron chi connectivity index (χ3n) is 1.15. The van der Waals surface area contributed by atoms with Crippen molar-refractivity contribution in [3.63, 3.8) is 0 Å². The first-order chi connectivity index (χ1) is 4.18. The quantitative estimate of drug-likeness (QED) is 0.562. The first kappa shape index (κ1) is 8.28. The zero-order valence-corrected chi connectivity index (χ0v) is 6.39. The lowest BCUT2D eigenvalue weighted by Crippen LogP contribution is -2.03. The Balaban J connectivity index is 3.84. The van der Waals surface area contributed by atoms with Gasteiger partial charge in [0.15, 0.2) is 0 Å². The first-order valence-corrected chi connectivity index (χ1v) is 3.26. The van der Waals surface area contributed by atoms with Gasteiger partial charge >= 0.3 is 0 Å². The SMILES string of the molecule is C/C=C\C=C(\N)C(C)C. The van der Waals surface area contributed by atoms with E-state index in [1.54, 1.807) is 0 Å². The van der Waals surface area contributed by atoms with Crippen LogP contribution in [0, 0.1) is 5.92 Å². The topological polar surface area (TPSA) is 26.0 Å². The molecule has 0 amide bonds. The summed E-state index contributed by atoms with van der Waals surface area (Å²) in [6.07, 6.45) is 5.86. The maximum atomic E-state index is 5.61. The van der Waals surface area contributed by atoms with Crippen LogP contribution in [0.1, 0.15) is 20.8 Å². The maximum Gasteiger partial charge on any atom is 0.0106 e. The Morgan fingerprint density at radius 3 is 2.33 bits per heavy atom. The summed E-state index contributed by atoms with van der Waals surface area (Å²) in [6.45, 7) is 6.13. The van der Waals surface area contributed by atoms with E-state index in [9.17, 15) is 0 Å². The smallest absolute Gasteiger partial charge is 0.0106 e. The molecule has 0 fully saturated rings. The standard InChI is InChI=1S/C8H15N/c1-4-5-6-8(9)7(2)3/h4-7H,9H2,1-3H3/b5-4-,8-6+. The largest absolute Gasteiger partial charge is 0.402 e. The van der Waals surface area contributed by atoms with E-state index in [1.165, 1.54) is 0 Å². The molecule has 9 heavy (non-hydrogen) atoms. The van der Waals surface area contributed by atoms with Crippen LogP contribution in [0.3, 0.4) is 0 Å². The second kappa shape index (κ2) is 4.19. The summed E-state index contributed by atoms with van der Waals surface area (Å²) in [4.78, 5) is 0. The number of rotatable bonds is 2. The molecule has 0 atom stereocenters. The molecular formula is C8H15N. The lowest BCUT2D eigenvalue weighted by molar-refractivity contribution is 0.757.